The molecular formula is C18H19ClFN5. The van der Waals surface area contributed by atoms with Crippen molar-refractivity contribution in [3.8, 4) is 11.3 Å². The molecule has 2 aromatic heterocycles. The van der Waals surface area contributed by atoms with Gasteiger partial charge in [-0.2, -0.15) is 5.10 Å². The molecule has 130 valence electrons. The highest BCUT2D eigenvalue weighted by molar-refractivity contribution is 6.33. The number of piperidine rings is 1. The van der Waals surface area contributed by atoms with Gasteiger partial charge in [0.2, 0.25) is 5.65 Å². The number of nitrogens with one attached hydrogen (secondary N) is 1. The second-order valence-corrected chi connectivity index (χ2v) is 7.63. The van der Waals surface area contributed by atoms with Gasteiger partial charge >= 0.3 is 0 Å². The smallest absolute Gasteiger partial charge is 0.202 e. The van der Waals surface area contributed by atoms with E-state index in [1.165, 1.54) is 6.07 Å². The molecule has 1 fully saturated rings. The van der Waals surface area contributed by atoms with Crippen LogP contribution in [0.1, 0.15) is 26.7 Å². The highest BCUT2D eigenvalue weighted by atomic mass is 35.5. The van der Waals surface area contributed by atoms with Crippen LogP contribution >= 0.6 is 11.6 Å². The quantitative estimate of drug-likeness (QED) is 0.735. The Balaban J connectivity index is 1.69. The zero-order valence-corrected chi connectivity index (χ0v) is 14.9. The largest absolute Gasteiger partial charge is 0.355 e. The van der Waals surface area contributed by atoms with Crippen molar-refractivity contribution in [2.75, 3.05) is 18.0 Å². The third-order valence-electron chi connectivity index (χ3n) is 4.91. The molecule has 0 atom stereocenters. The van der Waals surface area contributed by atoms with E-state index in [1.807, 2.05) is 0 Å². The average Bonchev–Trinajstić information content (AvgIpc) is 3.00. The summed E-state index contributed by atoms with van der Waals surface area (Å²) in [6.45, 7) is 6.50. The first-order valence-electron chi connectivity index (χ1n) is 8.35. The summed E-state index contributed by atoms with van der Waals surface area (Å²) in [6, 6.07) is 4.67. The number of nitrogens with zero attached hydrogens (tertiary/aromatic N) is 4. The Morgan fingerprint density at radius 1 is 1.24 bits per heavy atom. The number of benzene rings is 1. The summed E-state index contributed by atoms with van der Waals surface area (Å²) in [5, 5.41) is 7.19. The Morgan fingerprint density at radius 3 is 2.76 bits per heavy atom. The number of aromatic nitrogens is 4. The van der Waals surface area contributed by atoms with Crippen LogP contribution in [0.25, 0.3) is 22.4 Å². The Hall–Kier alpha value is -2.21. The number of hydrogen-bond acceptors (Lipinski definition) is 4. The molecule has 7 heteroatoms. The molecule has 5 nitrogen and oxygen atoms in total. The van der Waals surface area contributed by atoms with Crippen molar-refractivity contribution in [3.63, 3.8) is 0 Å². The lowest BCUT2D eigenvalue weighted by Crippen LogP contribution is -2.37. The summed E-state index contributed by atoms with van der Waals surface area (Å²) in [5.74, 6) is 0.355. The first-order valence-corrected chi connectivity index (χ1v) is 8.73. The Morgan fingerprint density at radius 2 is 2.00 bits per heavy atom. The van der Waals surface area contributed by atoms with Crippen molar-refractivity contribution in [2.45, 2.75) is 26.7 Å². The van der Waals surface area contributed by atoms with E-state index >= 15 is 0 Å². The number of halogens is 2. The molecule has 1 aliphatic heterocycles. The van der Waals surface area contributed by atoms with Crippen molar-refractivity contribution in [1.29, 1.82) is 0 Å². The lowest BCUT2D eigenvalue weighted by molar-refractivity contribution is 0.279. The van der Waals surface area contributed by atoms with E-state index in [1.54, 1.807) is 18.3 Å². The molecule has 0 unspecified atom stereocenters. The van der Waals surface area contributed by atoms with Crippen LogP contribution in [0, 0.1) is 11.2 Å². The van der Waals surface area contributed by atoms with Gasteiger partial charge < -0.3 is 4.90 Å². The molecule has 0 bridgehead atoms. The summed E-state index contributed by atoms with van der Waals surface area (Å²) < 4.78 is 13.7. The summed E-state index contributed by atoms with van der Waals surface area (Å²) >= 11 is 6.09. The molecule has 0 saturated carbocycles. The van der Waals surface area contributed by atoms with Crippen molar-refractivity contribution in [1.82, 2.24) is 20.2 Å². The maximum atomic E-state index is 13.7. The topological polar surface area (TPSA) is 57.7 Å². The Bertz CT molecular complexity index is 926. The summed E-state index contributed by atoms with van der Waals surface area (Å²) in [4.78, 5) is 11.4. The molecule has 3 heterocycles. The molecule has 25 heavy (non-hydrogen) atoms. The number of hydrogen-bond donors (Lipinski definition) is 1. The summed E-state index contributed by atoms with van der Waals surface area (Å²) in [7, 11) is 0. The predicted octanol–water partition coefficient (Wildman–Crippen LogP) is 4.44. The van der Waals surface area contributed by atoms with Crippen LogP contribution in [-0.4, -0.2) is 33.3 Å². The van der Waals surface area contributed by atoms with Crippen LogP contribution in [0.5, 0.6) is 0 Å². The van der Waals surface area contributed by atoms with Crippen LogP contribution in [0.4, 0.5) is 10.2 Å². The maximum Gasteiger partial charge on any atom is 0.202 e. The van der Waals surface area contributed by atoms with Gasteiger partial charge in [0.25, 0.3) is 0 Å². The van der Waals surface area contributed by atoms with Crippen LogP contribution in [0.2, 0.25) is 5.02 Å². The summed E-state index contributed by atoms with van der Waals surface area (Å²) in [5.41, 5.74) is 2.59. The third kappa shape index (κ3) is 2.95. The minimum absolute atomic E-state index is 0.0530. The van der Waals surface area contributed by atoms with Gasteiger partial charge in [0, 0.05) is 18.7 Å². The van der Waals surface area contributed by atoms with E-state index in [-0.39, 0.29) is 5.02 Å². The number of anilines is 1. The van der Waals surface area contributed by atoms with Crippen molar-refractivity contribution < 1.29 is 4.39 Å². The van der Waals surface area contributed by atoms with Crippen molar-refractivity contribution in [3.05, 3.63) is 35.2 Å². The van der Waals surface area contributed by atoms with E-state index in [9.17, 15) is 4.39 Å². The minimum atomic E-state index is -0.470. The molecule has 1 aliphatic rings. The molecule has 1 aromatic carbocycles. The van der Waals surface area contributed by atoms with Crippen LogP contribution in [-0.2, 0) is 0 Å². The van der Waals surface area contributed by atoms with Gasteiger partial charge in [0.05, 0.1) is 16.9 Å². The van der Waals surface area contributed by atoms with Crippen molar-refractivity contribution >= 4 is 28.6 Å². The van der Waals surface area contributed by atoms with Gasteiger partial charge in [-0.3, -0.25) is 5.10 Å². The molecule has 1 N–H and O–H groups in total. The molecule has 0 aliphatic carbocycles. The second kappa shape index (κ2) is 5.95. The Kier molecular flexibility index (Phi) is 3.87. The SMILES string of the molecule is CC1(C)CCN(c2cnc3c(-c4cccc(F)c4Cl)[nH]nc3n2)CC1. The average molecular weight is 360 g/mol. The van der Waals surface area contributed by atoms with Crippen LogP contribution < -0.4 is 4.90 Å². The third-order valence-corrected chi connectivity index (χ3v) is 5.30. The predicted molar refractivity (Wildman–Crippen MR) is 97.3 cm³/mol. The van der Waals surface area contributed by atoms with E-state index in [4.69, 9.17) is 11.6 Å². The Labute approximate surface area is 150 Å². The molecule has 0 amide bonds. The highest BCUT2D eigenvalue weighted by Crippen LogP contribution is 2.34. The summed E-state index contributed by atoms with van der Waals surface area (Å²) in [6.07, 6.45) is 4.00. The zero-order chi connectivity index (χ0) is 17.6. The van der Waals surface area contributed by atoms with Crippen LogP contribution in [0.3, 0.4) is 0 Å². The monoisotopic (exact) mass is 359 g/mol. The van der Waals surface area contributed by atoms with E-state index in [0.29, 0.717) is 27.8 Å². The maximum absolute atomic E-state index is 13.7. The lowest BCUT2D eigenvalue weighted by Gasteiger charge is -2.37. The first-order chi connectivity index (χ1) is 11.9. The molecule has 0 radical (unpaired) electrons. The molecular weight excluding hydrogens is 341 g/mol. The van der Waals surface area contributed by atoms with E-state index < -0.39 is 5.82 Å². The second-order valence-electron chi connectivity index (χ2n) is 7.25. The fraction of sp³-hybridized carbons (Fsp3) is 0.389. The molecule has 4 rings (SSSR count). The van der Waals surface area contributed by atoms with Gasteiger partial charge in [0.15, 0.2) is 0 Å². The standard InChI is InChI=1S/C18H19ClFN5/c1-18(2)6-8-25(9-7-18)13-10-21-16-15(23-24-17(16)22-13)11-4-3-5-12(20)14(11)19/h3-5,10H,6-9H2,1-2H3,(H,22,23,24). The fourth-order valence-corrected chi connectivity index (χ4v) is 3.39. The van der Waals surface area contributed by atoms with E-state index in [0.717, 1.165) is 31.7 Å². The normalized spacial score (nSPS) is 17.2. The van der Waals surface area contributed by atoms with Crippen molar-refractivity contribution in [2.24, 2.45) is 5.41 Å². The number of fused-ring (bicyclic) bond motifs is 1. The zero-order valence-electron chi connectivity index (χ0n) is 14.2. The minimum Gasteiger partial charge on any atom is -0.355 e. The highest BCUT2D eigenvalue weighted by Gasteiger charge is 2.26. The van der Waals surface area contributed by atoms with E-state index in [2.05, 4.69) is 38.9 Å². The first kappa shape index (κ1) is 16.3. The number of aromatic amines is 1. The molecule has 3 aromatic rings. The molecule has 1 saturated heterocycles. The number of rotatable bonds is 2. The molecule has 0 spiro atoms. The van der Waals surface area contributed by atoms with Gasteiger partial charge in [0.1, 0.15) is 17.2 Å². The van der Waals surface area contributed by atoms with Gasteiger partial charge in [-0.25, -0.2) is 14.4 Å². The number of H-pyrrole nitrogens is 1. The van der Waals surface area contributed by atoms with Gasteiger partial charge in [-0.1, -0.05) is 37.6 Å². The fourth-order valence-electron chi connectivity index (χ4n) is 3.16. The van der Waals surface area contributed by atoms with Gasteiger partial charge in [-0.05, 0) is 24.3 Å². The van der Waals surface area contributed by atoms with Crippen LogP contribution in [0.15, 0.2) is 24.4 Å². The van der Waals surface area contributed by atoms with Gasteiger partial charge in [-0.15, -0.1) is 0 Å². The lowest BCUT2D eigenvalue weighted by atomic mass is 9.83.